The lowest BCUT2D eigenvalue weighted by Gasteiger charge is -2.06. The minimum Gasteiger partial charge on any atom is -0.293 e. The van der Waals surface area contributed by atoms with E-state index in [9.17, 15) is 4.79 Å². The van der Waals surface area contributed by atoms with Gasteiger partial charge in [-0.15, -0.1) is 11.8 Å². The number of Topliss-reactive ketones (excluding diaryl/α,β-unsaturated/α-hetero) is 1. The van der Waals surface area contributed by atoms with E-state index >= 15 is 0 Å². The lowest BCUT2D eigenvalue weighted by molar-refractivity contribution is 0.102. The molecular formula is C15H12Cl2OS. The Labute approximate surface area is 126 Å². The molecule has 2 aromatic rings. The second-order valence-electron chi connectivity index (χ2n) is 4.10. The summed E-state index contributed by atoms with van der Waals surface area (Å²) in [5.41, 5.74) is 1.75. The molecule has 4 heteroatoms. The molecule has 0 aromatic heterocycles. The Morgan fingerprint density at radius 2 is 1.89 bits per heavy atom. The normalized spacial score (nSPS) is 10.5. The maximum atomic E-state index is 12.1. The Morgan fingerprint density at radius 3 is 2.63 bits per heavy atom. The van der Waals surface area contributed by atoms with Crippen LogP contribution in [0.15, 0.2) is 47.4 Å². The molecule has 0 aliphatic heterocycles. The number of rotatable bonds is 4. The van der Waals surface area contributed by atoms with Gasteiger partial charge in [0, 0.05) is 15.5 Å². The molecule has 19 heavy (non-hydrogen) atoms. The van der Waals surface area contributed by atoms with E-state index in [1.165, 1.54) is 11.8 Å². The van der Waals surface area contributed by atoms with Crippen molar-refractivity contribution < 1.29 is 4.79 Å². The first kappa shape index (κ1) is 14.4. The molecule has 0 aliphatic rings. The van der Waals surface area contributed by atoms with E-state index in [4.69, 9.17) is 23.2 Å². The fourth-order valence-electron chi connectivity index (χ4n) is 1.69. The molecule has 0 radical (unpaired) electrons. The number of ketones is 1. The maximum Gasteiger partial charge on any atom is 0.173 e. The molecule has 0 spiro atoms. The Balaban J connectivity index is 2.09. The van der Waals surface area contributed by atoms with E-state index in [2.05, 4.69) is 0 Å². The van der Waals surface area contributed by atoms with Crippen LogP contribution in [0.3, 0.4) is 0 Å². The molecule has 98 valence electrons. The monoisotopic (exact) mass is 310 g/mol. The standard InChI is InChI=1S/C15H12Cl2OS/c1-10-4-2-3-5-12(10)14(18)9-19-15-8-11(16)6-7-13(15)17/h2-8H,9H2,1H3. The summed E-state index contributed by atoms with van der Waals surface area (Å²) in [6.45, 7) is 1.93. The van der Waals surface area contributed by atoms with Gasteiger partial charge >= 0.3 is 0 Å². The van der Waals surface area contributed by atoms with Crippen LogP contribution in [0.1, 0.15) is 15.9 Å². The van der Waals surface area contributed by atoms with Crippen LogP contribution < -0.4 is 0 Å². The quantitative estimate of drug-likeness (QED) is 0.564. The Bertz CT molecular complexity index is 611. The molecule has 0 N–H and O–H groups in total. The number of thioether (sulfide) groups is 1. The number of hydrogen-bond donors (Lipinski definition) is 0. The minimum atomic E-state index is 0.0964. The van der Waals surface area contributed by atoms with Gasteiger partial charge in [0.1, 0.15) is 0 Å². The first-order valence-electron chi connectivity index (χ1n) is 5.74. The molecular weight excluding hydrogens is 299 g/mol. The summed E-state index contributed by atoms with van der Waals surface area (Å²) < 4.78 is 0. The Morgan fingerprint density at radius 1 is 1.16 bits per heavy atom. The van der Waals surface area contributed by atoms with Gasteiger partial charge in [-0.1, -0.05) is 47.5 Å². The minimum absolute atomic E-state index is 0.0964. The van der Waals surface area contributed by atoms with Crippen molar-refractivity contribution in [3.8, 4) is 0 Å². The van der Waals surface area contributed by atoms with Gasteiger partial charge in [0.15, 0.2) is 5.78 Å². The number of carbonyl (C=O) groups is 1. The van der Waals surface area contributed by atoms with Crippen LogP contribution in [0.5, 0.6) is 0 Å². The highest BCUT2D eigenvalue weighted by molar-refractivity contribution is 8.00. The number of halogens is 2. The zero-order valence-corrected chi connectivity index (χ0v) is 12.6. The Kier molecular flexibility index (Phi) is 4.92. The largest absolute Gasteiger partial charge is 0.293 e. The summed E-state index contributed by atoms with van der Waals surface area (Å²) in [7, 11) is 0. The van der Waals surface area contributed by atoms with Crippen molar-refractivity contribution in [2.24, 2.45) is 0 Å². The van der Waals surface area contributed by atoms with E-state index in [-0.39, 0.29) is 5.78 Å². The molecule has 0 unspecified atom stereocenters. The first-order valence-corrected chi connectivity index (χ1v) is 7.49. The molecule has 0 saturated carbocycles. The zero-order chi connectivity index (χ0) is 13.8. The van der Waals surface area contributed by atoms with Gasteiger partial charge in [0.25, 0.3) is 0 Å². The van der Waals surface area contributed by atoms with Crippen molar-refractivity contribution in [3.63, 3.8) is 0 Å². The molecule has 0 atom stereocenters. The fourth-order valence-corrected chi connectivity index (χ4v) is 3.07. The molecule has 2 rings (SSSR count). The average molecular weight is 311 g/mol. The third-order valence-electron chi connectivity index (χ3n) is 2.70. The van der Waals surface area contributed by atoms with Gasteiger partial charge in [0.05, 0.1) is 10.8 Å². The average Bonchev–Trinajstić information content (AvgIpc) is 2.40. The van der Waals surface area contributed by atoms with Gasteiger partial charge in [0.2, 0.25) is 0 Å². The summed E-state index contributed by atoms with van der Waals surface area (Å²) in [6.07, 6.45) is 0. The second-order valence-corrected chi connectivity index (χ2v) is 5.96. The molecule has 0 amide bonds. The highest BCUT2D eigenvalue weighted by Crippen LogP contribution is 2.30. The summed E-state index contributed by atoms with van der Waals surface area (Å²) >= 11 is 13.4. The topological polar surface area (TPSA) is 17.1 Å². The van der Waals surface area contributed by atoms with Crippen LogP contribution >= 0.6 is 35.0 Å². The first-order chi connectivity index (χ1) is 9.08. The molecule has 0 fully saturated rings. The van der Waals surface area contributed by atoms with Crippen LogP contribution in [-0.4, -0.2) is 11.5 Å². The van der Waals surface area contributed by atoms with E-state index in [0.29, 0.717) is 15.8 Å². The molecule has 0 aliphatic carbocycles. The predicted octanol–water partition coefficient (Wildman–Crippen LogP) is 5.28. The summed E-state index contributed by atoms with van der Waals surface area (Å²) in [5.74, 6) is 0.449. The van der Waals surface area contributed by atoms with E-state index in [1.807, 2.05) is 31.2 Å². The van der Waals surface area contributed by atoms with Crippen molar-refractivity contribution >= 4 is 40.7 Å². The number of hydrogen-bond acceptors (Lipinski definition) is 2. The van der Waals surface area contributed by atoms with Crippen molar-refractivity contribution in [1.82, 2.24) is 0 Å². The molecule has 0 saturated heterocycles. The van der Waals surface area contributed by atoms with Crippen molar-refractivity contribution in [2.75, 3.05) is 5.75 Å². The molecule has 1 nitrogen and oxygen atoms in total. The Hall–Kier alpha value is -0.960. The summed E-state index contributed by atoms with van der Waals surface area (Å²) in [5, 5.41) is 1.24. The zero-order valence-electron chi connectivity index (χ0n) is 10.3. The lowest BCUT2D eigenvalue weighted by atomic mass is 10.1. The molecule has 0 bridgehead atoms. The summed E-state index contributed by atoms with van der Waals surface area (Å²) in [6, 6.07) is 12.8. The number of benzene rings is 2. The van der Waals surface area contributed by atoms with Crippen LogP contribution in [0.2, 0.25) is 10.0 Å². The van der Waals surface area contributed by atoms with Gasteiger partial charge in [-0.2, -0.15) is 0 Å². The molecule has 2 aromatic carbocycles. The fraction of sp³-hybridized carbons (Fsp3) is 0.133. The van der Waals surface area contributed by atoms with Gasteiger partial charge in [-0.05, 0) is 30.7 Å². The smallest absolute Gasteiger partial charge is 0.173 e. The maximum absolute atomic E-state index is 12.1. The van der Waals surface area contributed by atoms with Crippen molar-refractivity contribution in [2.45, 2.75) is 11.8 Å². The van der Waals surface area contributed by atoms with E-state index in [0.717, 1.165) is 16.0 Å². The van der Waals surface area contributed by atoms with Gasteiger partial charge in [-0.25, -0.2) is 0 Å². The third kappa shape index (κ3) is 3.75. The van der Waals surface area contributed by atoms with Gasteiger partial charge in [-0.3, -0.25) is 4.79 Å². The summed E-state index contributed by atoms with van der Waals surface area (Å²) in [4.78, 5) is 13.0. The lowest BCUT2D eigenvalue weighted by Crippen LogP contribution is -2.04. The highest BCUT2D eigenvalue weighted by Gasteiger charge is 2.10. The SMILES string of the molecule is Cc1ccccc1C(=O)CSc1cc(Cl)ccc1Cl. The van der Waals surface area contributed by atoms with Crippen LogP contribution in [0, 0.1) is 6.92 Å². The number of carbonyl (C=O) groups excluding carboxylic acids is 1. The van der Waals surface area contributed by atoms with Crippen molar-refractivity contribution in [1.29, 1.82) is 0 Å². The third-order valence-corrected chi connectivity index (χ3v) is 4.43. The molecule has 0 heterocycles. The van der Waals surface area contributed by atoms with Crippen LogP contribution in [-0.2, 0) is 0 Å². The predicted molar refractivity (Wildman–Crippen MR) is 82.7 cm³/mol. The van der Waals surface area contributed by atoms with Crippen molar-refractivity contribution in [3.05, 3.63) is 63.6 Å². The van der Waals surface area contributed by atoms with Crippen LogP contribution in [0.4, 0.5) is 0 Å². The van der Waals surface area contributed by atoms with Gasteiger partial charge < -0.3 is 0 Å². The second kappa shape index (κ2) is 6.47. The van der Waals surface area contributed by atoms with Crippen LogP contribution in [0.25, 0.3) is 0 Å². The number of aryl methyl sites for hydroxylation is 1. The van der Waals surface area contributed by atoms with E-state index in [1.54, 1.807) is 18.2 Å². The van der Waals surface area contributed by atoms with E-state index < -0.39 is 0 Å². The highest BCUT2D eigenvalue weighted by atomic mass is 35.5.